The van der Waals surface area contributed by atoms with E-state index in [4.69, 9.17) is 5.73 Å². The van der Waals surface area contributed by atoms with E-state index in [1.807, 2.05) is 49.6 Å². The average Bonchev–Trinajstić information content (AvgIpc) is 3.08. The first-order chi connectivity index (χ1) is 12.7. The van der Waals surface area contributed by atoms with Gasteiger partial charge in [0, 0.05) is 24.6 Å². The normalized spacial score (nSPS) is 11.5. The molecule has 2 aromatic carbocycles. The van der Waals surface area contributed by atoms with Gasteiger partial charge in [-0.1, -0.05) is 42.5 Å². The zero-order valence-corrected chi connectivity index (χ0v) is 15.1. The number of hydrogen-bond donors (Lipinski definition) is 2. The first kappa shape index (κ1) is 17.7. The molecular weight excluding hydrogens is 322 g/mol. The fraction of sp³-hybridized carbons (Fsp3) is 0.238. The summed E-state index contributed by atoms with van der Waals surface area (Å²) < 4.78 is 2.15. The minimum Gasteiger partial charge on any atom is -0.370 e. The molecule has 3 N–H and O–H groups in total. The number of guanidine groups is 1. The summed E-state index contributed by atoms with van der Waals surface area (Å²) in [7, 11) is 0. The van der Waals surface area contributed by atoms with E-state index >= 15 is 0 Å². The van der Waals surface area contributed by atoms with Crippen molar-refractivity contribution < 1.29 is 0 Å². The van der Waals surface area contributed by atoms with Crippen molar-refractivity contribution in [3.8, 4) is 0 Å². The monoisotopic (exact) mass is 347 g/mol. The molecule has 0 fully saturated rings. The van der Waals surface area contributed by atoms with Crippen LogP contribution in [0.25, 0.3) is 0 Å². The van der Waals surface area contributed by atoms with E-state index in [-0.39, 0.29) is 0 Å². The number of aliphatic imine (C=N–C) groups is 1. The molecule has 3 aromatic rings. The molecule has 1 aromatic heterocycles. The molecule has 0 aliphatic carbocycles. The molecule has 0 saturated carbocycles. The maximum absolute atomic E-state index is 6.00. The van der Waals surface area contributed by atoms with E-state index in [9.17, 15) is 0 Å². The Hall–Kier alpha value is -3.08. The zero-order chi connectivity index (χ0) is 18.2. The number of hydrogen-bond acceptors (Lipinski definition) is 2. The summed E-state index contributed by atoms with van der Waals surface area (Å²) in [6.07, 6.45) is 5.93. The van der Waals surface area contributed by atoms with Crippen molar-refractivity contribution in [2.45, 2.75) is 32.9 Å². The second kappa shape index (κ2) is 8.85. The number of aryl methyl sites for hydroxylation is 3. The topological polar surface area (TPSA) is 68.2 Å². The maximum atomic E-state index is 6.00. The van der Waals surface area contributed by atoms with Crippen LogP contribution in [-0.4, -0.2) is 15.5 Å². The van der Waals surface area contributed by atoms with E-state index in [1.54, 1.807) is 0 Å². The summed E-state index contributed by atoms with van der Waals surface area (Å²) in [6, 6.07) is 18.6. The summed E-state index contributed by atoms with van der Waals surface area (Å²) in [6.45, 7) is 3.43. The third-order valence-electron chi connectivity index (χ3n) is 4.19. The van der Waals surface area contributed by atoms with Gasteiger partial charge >= 0.3 is 0 Å². The summed E-state index contributed by atoms with van der Waals surface area (Å²) in [5.41, 5.74) is 9.48. The Labute approximate surface area is 154 Å². The van der Waals surface area contributed by atoms with Gasteiger partial charge in [0.25, 0.3) is 0 Å². The van der Waals surface area contributed by atoms with Crippen LogP contribution >= 0.6 is 0 Å². The van der Waals surface area contributed by atoms with Gasteiger partial charge in [-0.05, 0) is 43.0 Å². The van der Waals surface area contributed by atoms with Crippen LogP contribution in [-0.2, 0) is 19.5 Å². The number of imidazole rings is 1. The Balaban J connectivity index is 1.53. The average molecular weight is 347 g/mol. The highest BCUT2D eigenvalue weighted by Gasteiger charge is 2.03. The molecule has 26 heavy (non-hydrogen) atoms. The fourth-order valence-corrected chi connectivity index (χ4v) is 2.86. The molecule has 3 rings (SSSR count). The summed E-state index contributed by atoms with van der Waals surface area (Å²) >= 11 is 0. The van der Waals surface area contributed by atoms with Gasteiger partial charge in [-0.3, -0.25) is 0 Å². The molecule has 0 spiro atoms. The quantitative estimate of drug-likeness (QED) is 0.505. The summed E-state index contributed by atoms with van der Waals surface area (Å²) in [5, 5.41) is 3.12. The van der Waals surface area contributed by atoms with Gasteiger partial charge in [-0.15, -0.1) is 0 Å². The molecule has 0 radical (unpaired) electrons. The van der Waals surface area contributed by atoms with Crippen LogP contribution in [0.3, 0.4) is 0 Å². The Morgan fingerprint density at radius 1 is 1.15 bits per heavy atom. The van der Waals surface area contributed by atoms with Crippen LogP contribution in [0.2, 0.25) is 0 Å². The van der Waals surface area contributed by atoms with E-state index in [1.165, 1.54) is 11.1 Å². The van der Waals surface area contributed by atoms with Crippen LogP contribution in [0.4, 0.5) is 5.69 Å². The van der Waals surface area contributed by atoms with Gasteiger partial charge in [-0.2, -0.15) is 0 Å². The van der Waals surface area contributed by atoms with E-state index in [0.717, 1.165) is 30.9 Å². The highest BCUT2D eigenvalue weighted by molar-refractivity contribution is 5.92. The zero-order valence-electron chi connectivity index (χ0n) is 15.1. The Morgan fingerprint density at radius 3 is 2.81 bits per heavy atom. The second-order valence-electron chi connectivity index (χ2n) is 6.32. The molecule has 134 valence electrons. The summed E-state index contributed by atoms with van der Waals surface area (Å²) in [5.74, 6) is 1.32. The Kier molecular flexibility index (Phi) is 6.04. The van der Waals surface area contributed by atoms with Crippen LogP contribution in [0.15, 0.2) is 72.0 Å². The lowest BCUT2D eigenvalue weighted by atomic mass is 10.1. The van der Waals surface area contributed by atoms with Crippen molar-refractivity contribution in [1.82, 2.24) is 9.55 Å². The molecule has 0 atom stereocenters. The molecule has 1 heterocycles. The number of anilines is 1. The Bertz CT molecular complexity index is 852. The number of benzene rings is 2. The smallest absolute Gasteiger partial charge is 0.193 e. The fourth-order valence-electron chi connectivity index (χ4n) is 2.86. The van der Waals surface area contributed by atoms with Crippen LogP contribution in [0.1, 0.15) is 23.4 Å². The maximum Gasteiger partial charge on any atom is 0.193 e. The molecule has 0 aliphatic rings. The molecule has 0 bridgehead atoms. The Morgan fingerprint density at radius 2 is 2.00 bits per heavy atom. The lowest BCUT2D eigenvalue weighted by molar-refractivity contribution is 0.611. The molecule has 0 aliphatic heterocycles. The molecule has 5 heteroatoms. The van der Waals surface area contributed by atoms with Crippen molar-refractivity contribution in [3.63, 3.8) is 0 Å². The lowest BCUT2D eigenvalue weighted by Gasteiger charge is -2.08. The predicted octanol–water partition coefficient (Wildman–Crippen LogP) is 3.75. The van der Waals surface area contributed by atoms with Crippen LogP contribution in [0, 0.1) is 6.92 Å². The van der Waals surface area contributed by atoms with Crippen molar-refractivity contribution in [3.05, 3.63) is 83.9 Å². The number of nitrogens with one attached hydrogen (secondary N) is 1. The van der Waals surface area contributed by atoms with Gasteiger partial charge in [-0.25, -0.2) is 9.98 Å². The first-order valence-electron chi connectivity index (χ1n) is 8.88. The van der Waals surface area contributed by atoms with Crippen molar-refractivity contribution in [2.24, 2.45) is 10.7 Å². The van der Waals surface area contributed by atoms with Gasteiger partial charge in [0.2, 0.25) is 0 Å². The number of rotatable bonds is 7. The highest BCUT2D eigenvalue weighted by Crippen LogP contribution is 2.10. The van der Waals surface area contributed by atoms with Gasteiger partial charge in [0.15, 0.2) is 5.96 Å². The van der Waals surface area contributed by atoms with E-state index < -0.39 is 0 Å². The molecule has 0 saturated heterocycles. The first-order valence-corrected chi connectivity index (χ1v) is 8.88. The highest BCUT2D eigenvalue weighted by atomic mass is 15.1. The standard InChI is InChI=1S/C21H25N5/c1-17-7-5-11-19(15-17)25-21(22)24-16-20-23-12-14-26(20)13-6-10-18-8-3-2-4-9-18/h2-5,7-9,11-12,14-15H,6,10,13,16H2,1H3,(H3,22,24,25). The largest absolute Gasteiger partial charge is 0.370 e. The van der Waals surface area contributed by atoms with E-state index in [2.05, 4.69) is 44.1 Å². The van der Waals surface area contributed by atoms with Crippen molar-refractivity contribution in [1.29, 1.82) is 0 Å². The molecule has 0 amide bonds. The minimum absolute atomic E-state index is 0.398. The molecule has 5 nitrogen and oxygen atoms in total. The second-order valence-corrected chi connectivity index (χ2v) is 6.32. The van der Waals surface area contributed by atoms with Gasteiger partial charge in [0.1, 0.15) is 12.4 Å². The molecule has 0 unspecified atom stereocenters. The van der Waals surface area contributed by atoms with E-state index in [0.29, 0.717) is 12.5 Å². The number of nitrogens with two attached hydrogens (primary N) is 1. The van der Waals surface area contributed by atoms with Crippen LogP contribution in [0.5, 0.6) is 0 Å². The lowest BCUT2D eigenvalue weighted by Crippen LogP contribution is -2.23. The predicted molar refractivity (Wildman–Crippen MR) is 107 cm³/mol. The number of nitrogens with zero attached hydrogens (tertiary/aromatic N) is 3. The summed E-state index contributed by atoms with van der Waals surface area (Å²) in [4.78, 5) is 8.83. The SMILES string of the molecule is Cc1cccc(NC(N)=NCc2nccn2CCCc2ccccc2)c1. The minimum atomic E-state index is 0.398. The van der Waals surface area contributed by atoms with Crippen molar-refractivity contribution in [2.75, 3.05) is 5.32 Å². The molecular formula is C21H25N5. The third kappa shape index (κ3) is 5.21. The number of aromatic nitrogens is 2. The van der Waals surface area contributed by atoms with Crippen LogP contribution < -0.4 is 11.1 Å². The van der Waals surface area contributed by atoms with Crippen molar-refractivity contribution >= 4 is 11.6 Å². The third-order valence-corrected chi connectivity index (χ3v) is 4.19. The van der Waals surface area contributed by atoms with Gasteiger partial charge < -0.3 is 15.6 Å². The van der Waals surface area contributed by atoms with Gasteiger partial charge in [0.05, 0.1) is 0 Å².